The van der Waals surface area contributed by atoms with Crippen molar-refractivity contribution in [1.29, 1.82) is 5.26 Å². The van der Waals surface area contributed by atoms with E-state index in [1.165, 1.54) is 26.4 Å². The molecule has 182 valence electrons. The Bertz CT molecular complexity index is 1250. The van der Waals surface area contributed by atoms with Gasteiger partial charge < -0.3 is 24.7 Å². The first kappa shape index (κ1) is 24.1. The highest BCUT2D eigenvalue weighted by atomic mass is 19.1. The van der Waals surface area contributed by atoms with Crippen LogP contribution in [0.25, 0.3) is 0 Å². The monoisotopic (exact) mass is 478 g/mol. The highest BCUT2D eigenvalue weighted by molar-refractivity contribution is 6.00. The van der Waals surface area contributed by atoms with Gasteiger partial charge >= 0.3 is 0 Å². The molecule has 4 rings (SSSR count). The van der Waals surface area contributed by atoms with Gasteiger partial charge in [-0.05, 0) is 40.8 Å². The van der Waals surface area contributed by atoms with Gasteiger partial charge in [0.05, 0.1) is 20.1 Å². The van der Waals surface area contributed by atoms with E-state index in [1.807, 2.05) is 13.8 Å². The number of ketones is 1. The van der Waals surface area contributed by atoms with E-state index >= 15 is 0 Å². The number of carbonyl (C=O) groups is 1. The summed E-state index contributed by atoms with van der Waals surface area (Å²) in [6.07, 6.45) is 0.856. The number of nitriles is 1. The van der Waals surface area contributed by atoms with Gasteiger partial charge in [-0.25, -0.2) is 4.39 Å². The zero-order valence-electron chi connectivity index (χ0n) is 20.1. The molecule has 7 nitrogen and oxygen atoms in total. The minimum Gasteiger partial charge on any atom is -0.493 e. The van der Waals surface area contributed by atoms with Gasteiger partial charge in [0.15, 0.2) is 17.3 Å². The Morgan fingerprint density at radius 2 is 1.77 bits per heavy atom. The fourth-order valence-corrected chi connectivity index (χ4v) is 4.56. The van der Waals surface area contributed by atoms with Crippen LogP contribution >= 0.6 is 0 Å². The van der Waals surface area contributed by atoms with E-state index in [9.17, 15) is 14.4 Å². The first-order valence-electron chi connectivity index (χ1n) is 11.1. The van der Waals surface area contributed by atoms with Gasteiger partial charge in [0, 0.05) is 18.4 Å². The molecule has 2 aromatic carbocycles. The van der Waals surface area contributed by atoms with E-state index in [2.05, 4.69) is 6.07 Å². The Morgan fingerprint density at radius 1 is 1.14 bits per heavy atom. The molecule has 1 heterocycles. The van der Waals surface area contributed by atoms with Crippen molar-refractivity contribution in [2.24, 2.45) is 11.1 Å². The Labute approximate surface area is 203 Å². The lowest BCUT2D eigenvalue weighted by Gasteiger charge is -2.37. The Morgan fingerprint density at radius 3 is 2.34 bits per heavy atom. The van der Waals surface area contributed by atoms with Crippen molar-refractivity contribution in [1.82, 2.24) is 0 Å². The zero-order valence-corrected chi connectivity index (χ0v) is 20.1. The fourth-order valence-electron chi connectivity index (χ4n) is 4.56. The molecule has 0 saturated heterocycles. The largest absolute Gasteiger partial charge is 0.493 e. The van der Waals surface area contributed by atoms with E-state index in [-0.39, 0.29) is 35.1 Å². The maximum absolute atomic E-state index is 13.2. The quantitative estimate of drug-likeness (QED) is 0.631. The van der Waals surface area contributed by atoms with Crippen LogP contribution in [0.5, 0.6) is 17.2 Å². The number of hydrogen-bond donors (Lipinski definition) is 1. The number of methoxy groups -OCH3 is 2. The van der Waals surface area contributed by atoms with Gasteiger partial charge in [-0.1, -0.05) is 26.0 Å². The van der Waals surface area contributed by atoms with Crippen LogP contribution in [0, 0.1) is 22.6 Å². The molecule has 2 aliphatic rings. The predicted octanol–water partition coefficient (Wildman–Crippen LogP) is 4.87. The average molecular weight is 479 g/mol. The summed E-state index contributed by atoms with van der Waals surface area (Å²) in [6, 6.07) is 11.5. The second kappa shape index (κ2) is 9.34. The molecular formula is C27H27FN2O5. The molecule has 0 amide bonds. The predicted molar refractivity (Wildman–Crippen MR) is 126 cm³/mol. The summed E-state index contributed by atoms with van der Waals surface area (Å²) in [6.45, 7) is 4.14. The van der Waals surface area contributed by atoms with E-state index in [0.717, 1.165) is 5.56 Å². The lowest BCUT2D eigenvalue weighted by atomic mass is 9.70. The molecule has 1 aliphatic heterocycles. The van der Waals surface area contributed by atoms with E-state index in [0.29, 0.717) is 47.0 Å². The van der Waals surface area contributed by atoms with Crippen LogP contribution in [0.4, 0.5) is 4.39 Å². The second-order valence-electron chi connectivity index (χ2n) is 9.37. The minimum absolute atomic E-state index is 0.0173. The van der Waals surface area contributed by atoms with Crippen LogP contribution in [-0.4, -0.2) is 20.0 Å². The summed E-state index contributed by atoms with van der Waals surface area (Å²) in [5.74, 6) is 0.385. The van der Waals surface area contributed by atoms with Crippen molar-refractivity contribution in [3.8, 4) is 23.3 Å². The van der Waals surface area contributed by atoms with Crippen LogP contribution in [0.2, 0.25) is 0 Å². The van der Waals surface area contributed by atoms with Crippen molar-refractivity contribution in [3.05, 3.63) is 76.1 Å². The molecule has 1 aliphatic carbocycles. The Hall–Kier alpha value is -3.99. The van der Waals surface area contributed by atoms with Crippen LogP contribution in [0.15, 0.2) is 59.2 Å². The number of nitrogens with zero attached hydrogens (tertiary/aromatic N) is 1. The highest BCUT2D eigenvalue weighted by Gasteiger charge is 2.43. The van der Waals surface area contributed by atoms with Gasteiger partial charge in [-0.2, -0.15) is 5.26 Å². The van der Waals surface area contributed by atoms with E-state index in [1.54, 1.807) is 24.3 Å². The molecule has 0 fully saturated rings. The molecular weight excluding hydrogens is 451 g/mol. The first-order valence-corrected chi connectivity index (χ1v) is 11.1. The number of Topliss-reactive ketones (excluding diaryl/α,β-unsaturated/α-hetero) is 1. The topological polar surface area (TPSA) is 104 Å². The van der Waals surface area contributed by atoms with Crippen molar-refractivity contribution < 1.29 is 28.1 Å². The van der Waals surface area contributed by atoms with E-state index < -0.39 is 5.92 Å². The summed E-state index contributed by atoms with van der Waals surface area (Å²) < 4.78 is 36.1. The van der Waals surface area contributed by atoms with Crippen molar-refractivity contribution in [2.75, 3.05) is 14.2 Å². The van der Waals surface area contributed by atoms with Crippen molar-refractivity contribution >= 4 is 5.78 Å². The number of carbonyl (C=O) groups excluding carboxylic acids is 1. The number of nitrogens with two attached hydrogens (primary N) is 1. The zero-order chi connectivity index (χ0) is 25.3. The van der Waals surface area contributed by atoms with Gasteiger partial charge in [-0.3, -0.25) is 4.79 Å². The summed E-state index contributed by atoms with van der Waals surface area (Å²) in [4.78, 5) is 13.2. The molecule has 8 heteroatoms. The maximum Gasteiger partial charge on any atom is 0.205 e. The molecule has 0 aromatic heterocycles. The summed E-state index contributed by atoms with van der Waals surface area (Å²) in [5.41, 5.74) is 7.79. The van der Waals surface area contributed by atoms with Gasteiger partial charge in [0.1, 0.15) is 29.8 Å². The summed E-state index contributed by atoms with van der Waals surface area (Å²) >= 11 is 0. The fraction of sp³-hybridized carbons (Fsp3) is 0.333. The van der Waals surface area contributed by atoms with Gasteiger partial charge in [-0.15, -0.1) is 0 Å². The lowest BCUT2D eigenvalue weighted by Crippen LogP contribution is -2.33. The molecule has 35 heavy (non-hydrogen) atoms. The third-order valence-electron chi connectivity index (χ3n) is 6.19. The molecule has 0 bridgehead atoms. The van der Waals surface area contributed by atoms with Gasteiger partial charge in [0.25, 0.3) is 0 Å². The number of hydrogen-bond acceptors (Lipinski definition) is 7. The maximum atomic E-state index is 13.2. The van der Waals surface area contributed by atoms with Crippen LogP contribution in [-0.2, 0) is 16.1 Å². The smallest absolute Gasteiger partial charge is 0.205 e. The average Bonchev–Trinajstić information content (AvgIpc) is 2.81. The Kier molecular flexibility index (Phi) is 6.44. The summed E-state index contributed by atoms with van der Waals surface area (Å²) in [7, 11) is 2.98. The highest BCUT2D eigenvalue weighted by Crippen LogP contribution is 2.50. The molecule has 0 unspecified atom stereocenters. The number of benzene rings is 2. The number of allylic oxidation sites excluding steroid dienone is 3. The first-order chi connectivity index (χ1) is 16.7. The molecule has 0 saturated carbocycles. The normalized spacial score (nSPS) is 19.0. The standard InChI is InChI=1S/C27H27FN2O5/c1-27(2)11-19(31)24-22(12-27)35-26(30)18(13-29)23(24)16-9-20(32-3)25(21(10-16)33-4)34-14-15-5-7-17(28)8-6-15/h5-10,23H,11-12,14,30H2,1-4H3/t23-/m1/s1. The van der Waals surface area contributed by atoms with Crippen molar-refractivity contribution in [3.63, 3.8) is 0 Å². The minimum atomic E-state index is -0.721. The number of ether oxygens (including phenoxy) is 4. The molecule has 0 radical (unpaired) electrons. The van der Waals surface area contributed by atoms with E-state index in [4.69, 9.17) is 24.7 Å². The third kappa shape index (κ3) is 4.67. The SMILES string of the molecule is COc1cc([C@@H]2C(C#N)=C(N)OC3=C2C(=O)CC(C)(C)C3)cc(OC)c1OCc1ccc(F)cc1. The number of rotatable bonds is 6. The third-order valence-corrected chi connectivity index (χ3v) is 6.19. The molecule has 2 N–H and O–H groups in total. The molecule has 1 atom stereocenters. The van der Waals surface area contributed by atoms with Crippen LogP contribution < -0.4 is 19.9 Å². The second-order valence-corrected chi connectivity index (χ2v) is 9.37. The molecule has 2 aromatic rings. The lowest BCUT2D eigenvalue weighted by molar-refractivity contribution is -0.119. The van der Waals surface area contributed by atoms with Crippen molar-refractivity contribution in [2.45, 2.75) is 39.2 Å². The molecule has 0 spiro atoms. The summed E-state index contributed by atoms with van der Waals surface area (Å²) in [5, 5.41) is 9.89. The Balaban J connectivity index is 1.78. The van der Waals surface area contributed by atoms with Crippen LogP contribution in [0.1, 0.15) is 43.7 Å². The van der Waals surface area contributed by atoms with Gasteiger partial charge in [0.2, 0.25) is 11.6 Å². The van der Waals surface area contributed by atoms with Crippen LogP contribution in [0.3, 0.4) is 0 Å². The number of halogens is 1.